The Morgan fingerprint density at radius 2 is 1.30 bits per heavy atom. The molecule has 4 rings (SSSR count). The fourth-order valence-corrected chi connectivity index (χ4v) is 9.33. The van der Waals surface area contributed by atoms with Gasteiger partial charge in [0, 0.05) is 77.2 Å². The molecule has 0 radical (unpaired) electrons. The van der Waals surface area contributed by atoms with Crippen LogP contribution >= 0.6 is 0 Å². The smallest absolute Gasteiger partial charge is 0.425 e. The highest BCUT2D eigenvalue weighted by Crippen LogP contribution is 2.50. The molecule has 0 saturated carbocycles. The summed E-state index contributed by atoms with van der Waals surface area (Å²) in [4.78, 5) is 40.1. The van der Waals surface area contributed by atoms with E-state index < -0.39 is 84.8 Å². The van der Waals surface area contributed by atoms with Crippen molar-refractivity contribution in [1.29, 1.82) is 0 Å². The number of aromatic carboxylic acids is 1. The summed E-state index contributed by atoms with van der Waals surface area (Å²) >= 11 is 0. The zero-order chi connectivity index (χ0) is 50.7. The molecule has 2 aliphatic heterocycles. The zero-order valence-electron chi connectivity index (χ0n) is 36.6. The van der Waals surface area contributed by atoms with Gasteiger partial charge in [-0.2, -0.15) is 21.4 Å². The molecule has 0 atom stereocenters. The largest absolute Gasteiger partial charge is 0.748 e. The third-order valence-corrected chi connectivity index (χ3v) is 12.7. The number of hydrogen-bond donors (Lipinski definition) is 3. The first kappa shape index (κ1) is 57.0. The lowest BCUT2D eigenvalue weighted by Crippen LogP contribution is -2.29. The molecule has 2 heterocycles. The molecule has 0 aromatic heterocycles. The Morgan fingerprint density at radius 3 is 1.80 bits per heavy atom. The van der Waals surface area contributed by atoms with Gasteiger partial charge in [0.15, 0.2) is 17.3 Å². The van der Waals surface area contributed by atoms with Crippen LogP contribution in [0.2, 0.25) is 0 Å². The minimum absolute atomic E-state index is 0.0350. The van der Waals surface area contributed by atoms with E-state index in [0.29, 0.717) is 46.6 Å². The Hall–Kier alpha value is -5.09. The van der Waals surface area contributed by atoms with Crippen molar-refractivity contribution in [1.82, 2.24) is 0 Å². The Balaban J connectivity index is 0.00000172. The van der Waals surface area contributed by atoms with Crippen LogP contribution in [0.25, 0.3) is 0 Å². The van der Waals surface area contributed by atoms with Crippen molar-refractivity contribution >= 4 is 86.2 Å². The number of Topliss-reactive ketones (excluding diaryl/α,β-unsaturated/α-hetero) is 2. The molecule has 2 aliphatic rings. The SMILES string of the molecule is CCCC(=O)c1cc(C(=O)CCC)c2c(c1)[N+](CCCS(=O)(=O)[O-])=C(/C=C/C=C/C=C1/N(CCCS(=O)(=O)O)c3cc(S(=O)(=O)O)cc(C(=O)O)c3C1(C)C)C2(C)C.O=S(=O)=O.O=S(=O)=O. The maximum Gasteiger partial charge on any atom is 0.425 e. The molecule has 0 spiro atoms. The fraction of sp³-hybridized carbons (Fsp3) is 0.450. The minimum atomic E-state index is -4.86. The Morgan fingerprint density at radius 1 is 0.742 bits per heavy atom. The van der Waals surface area contributed by atoms with Gasteiger partial charge in [0.2, 0.25) is 5.69 Å². The first-order valence-electron chi connectivity index (χ1n) is 19.8. The molecule has 26 heteroatoms. The van der Waals surface area contributed by atoms with Gasteiger partial charge in [-0.1, -0.05) is 45.9 Å². The number of nitrogens with zero attached hydrogens (tertiary/aromatic N) is 2. The predicted octanol–water partition coefficient (Wildman–Crippen LogP) is 3.97. The summed E-state index contributed by atoms with van der Waals surface area (Å²) < 4.78 is 154. The van der Waals surface area contributed by atoms with E-state index in [9.17, 15) is 58.4 Å². The highest BCUT2D eigenvalue weighted by Gasteiger charge is 2.48. The summed E-state index contributed by atoms with van der Waals surface area (Å²) in [6.45, 7) is 11.0. The van der Waals surface area contributed by atoms with Crippen LogP contribution < -0.4 is 4.90 Å². The molecule has 21 nitrogen and oxygen atoms in total. The summed E-state index contributed by atoms with van der Waals surface area (Å²) in [5.74, 6) is -3.02. The Labute approximate surface area is 386 Å². The number of carboxylic acids is 1. The highest BCUT2D eigenvalue weighted by molar-refractivity contribution is 7.86. The minimum Gasteiger partial charge on any atom is -0.748 e. The molecule has 364 valence electrons. The maximum absolute atomic E-state index is 13.6. The summed E-state index contributed by atoms with van der Waals surface area (Å²) in [6.07, 6.45) is 9.86. The Bertz CT molecular complexity index is 2910. The molecular weight excluding hydrogens is 973 g/mol. The van der Waals surface area contributed by atoms with Crippen LogP contribution in [0.15, 0.2) is 65.2 Å². The molecule has 2 aromatic rings. The van der Waals surface area contributed by atoms with Crippen LogP contribution in [-0.2, 0) is 62.4 Å². The van der Waals surface area contributed by atoms with Gasteiger partial charge in [-0.25, -0.2) is 13.2 Å². The number of carboxylic acid groups (broad SMARTS) is 1. The monoisotopic (exact) mass is 1020 g/mol. The van der Waals surface area contributed by atoms with E-state index in [4.69, 9.17) is 25.3 Å². The lowest BCUT2D eigenvalue weighted by atomic mass is 9.77. The number of rotatable bonds is 19. The second kappa shape index (κ2) is 23.1. The number of carbonyl (C=O) groups excluding carboxylic acids is 2. The van der Waals surface area contributed by atoms with Crippen molar-refractivity contribution in [2.24, 2.45) is 0 Å². The van der Waals surface area contributed by atoms with Crippen molar-refractivity contribution in [2.45, 2.75) is 95.8 Å². The average molecular weight is 1020 g/mol. The van der Waals surface area contributed by atoms with Gasteiger partial charge in [-0.15, -0.1) is 25.3 Å². The molecule has 0 bridgehead atoms. The van der Waals surface area contributed by atoms with Crippen molar-refractivity contribution in [3.05, 3.63) is 88.2 Å². The second-order valence-corrected chi connectivity index (χ2v) is 21.1. The van der Waals surface area contributed by atoms with Crippen LogP contribution in [0.5, 0.6) is 0 Å². The van der Waals surface area contributed by atoms with Gasteiger partial charge in [0.1, 0.15) is 6.54 Å². The van der Waals surface area contributed by atoms with Gasteiger partial charge in [0.05, 0.1) is 37.3 Å². The highest BCUT2D eigenvalue weighted by atomic mass is 32.2. The molecule has 0 aliphatic carbocycles. The third kappa shape index (κ3) is 15.5. The van der Waals surface area contributed by atoms with Crippen LogP contribution in [0.1, 0.15) is 122 Å². The average Bonchev–Trinajstić information content (AvgIpc) is 3.50. The van der Waals surface area contributed by atoms with Crippen LogP contribution in [0.4, 0.5) is 11.4 Å². The lowest BCUT2D eigenvalue weighted by Gasteiger charge is -2.27. The standard InChI is InChI=1S/C40H50N2O13S3.2O3S/c1-7-14-32(43)26-22-28(33(44)15-8-2)36-30(23-26)41(18-12-20-56(47,48)49)34(39(36,3)4)16-10-9-11-17-35-40(5,6)37-29(38(45)46)24-27(58(53,54)55)25-31(37)42(35)19-13-21-57(50,51)52;2*1-4(2)3/h9-11,16-17,22-25H,7-8,12-15,18-21H2,1-6H3,(H3-,45,46,47,48,49,50,51,52,53,54,55);;. The quantitative estimate of drug-likeness (QED) is 0.0775. The van der Waals surface area contributed by atoms with Crippen molar-refractivity contribution in [3.63, 3.8) is 0 Å². The van der Waals surface area contributed by atoms with E-state index in [2.05, 4.69) is 0 Å². The van der Waals surface area contributed by atoms with Gasteiger partial charge < -0.3 is 14.6 Å². The van der Waals surface area contributed by atoms with E-state index >= 15 is 0 Å². The van der Waals surface area contributed by atoms with Crippen LogP contribution in [0, 0.1) is 0 Å². The first-order chi connectivity index (χ1) is 30.2. The van der Waals surface area contributed by atoms with E-state index in [1.165, 1.54) is 0 Å². The normalized spacial score (nSPS) is 15.8. The van der Waals surface area contributed by atoms with Crippen molar-refractivity contribution < 1.29 is 88.2 Å². The number of carbonyl (C=O) groups is 3. The molecule has 0 saturated heterocycles. The van der Waals surface area contributed by atoms with Gasteiger partial charge in [-0.3, -0.25) is 18.7 Å². The molecule has 2 aromatic carbocycles. The molecular formula is C40H50N2O19S5. The van der Waals surface area contributed by atoms with Crippen LogP contribution in [-0.4, -0.2) is 122 Å². The van der Waals surface area contributed by atoms with E-state index in [1.54, 1.807) is 61.3 Å². The van der Waals surface area contributed by atoms with E-state index in [0.717, 1.165) is 12.1 Å². The van der Waals surface area contributed by atoms with Crippen molar-refractivity contribution in [2.75, 3.05) is 29.5 Å². The zero-order valence-corrected chi connectivity index (χ0v) is 40.7. The number of fused-ring (bicyclic) bond motifs is 2. The molecule has 0 unspecified atom stereocenters. The molecule has 0 amide bonds. The Kier molecular flexibility index (Phi) is 19.9. The van der Waals surface area contributed by atoms with Gasteiger partial charge in [0.25, 0.3) is 20.2 Å². The topological polar surface area (TPSA) is 346 Å². The first-order valence-corrected chi connectivity index (χ1v) is 26.4. The molecule has 3 N–H and O–H groups in total. The van der Waals surface area contributed by atoms with Gasteiger partial charge in [-0.05, 0) is 57.4 Å². The summed E-state index contributed by atoms with van der Waals surface area (Å²) in [7, 11) is -20.0. The molecule has 0 fully saturated rings. The number of hydrogen-bond acceptors (Lipinski definition) is 17. The number of allylic oxidation sites excluding steroid dienone is 6. The van der Waals surface area contributed by atoms with E-state index in [1.807, 2.05) is 32.3 Å². The molecule has 66 heavy (non-hydrogen) atoms. The number of ketones is 2. The third-order valence-electron chi connectivity index (χ3n) is 10.3. The maximum atomic E-state index is 13.6. The summed E-state index contributed by atoms with van der Waals surface area (Å²) in [5, 5.41) is 10.1. The fourth-order valence-electron chi connectivity index (χ4n) is 7.83. The second-order valence-electron chi connectivity index (χ2n) is 15.8. The number of anilines is 1. The lowest BCUT2D eigenvalue weighted by molar-refractivity contribution is -0.437. The summed E-state index contributed by atoms with van der Waals surface area (Å²) in [6, 6.07) is 5.31. The van der Waals surface area contributed by atoms with Crippen molar-refractivity contribution in [3.8, 4) is 0 Å². The van der Waals surface area contributed by atoms with Crippen LogP contribution in [0.3, 0.4) is 0 Å². The van der Waals surface area contributed by atoms with Gasteiger partial charge >= 0.3 is 27.2 Å². The number of benzene rings is 2. The summed E-state index contributed by atoms with van der Waals surface area (Å²) in [5.41, 5.74) is 1.09. The van der Waals surface area contributed by atoms with E-state index in [-0.39, 0.29) is 67.2 Å². The predicted molar refractivity (Wildman–Crippen MR) is 237 cm³/mol.